The molecule has 0 rings (SSSR count). The second kappa shape index (κ2) is 9.26. The number of carbonyl (C=O) groups excluding carboxylic acids is 1. The summed E-state index contributed by atoms with van der Waals surface area (Å²) in [5, 5.41) is 34.4. The molecular formula is C12H14O9. The van der Waals surface area contributed by atoms with Gasteiger partial charge in [-0.25, -0.2) is 19.2 Å². The molecule has 0 bridgehead atoms. The molecule has 0 fully saturated rings. The first-order chi connectivity index (χ1) is 9.77. The molecule has 9 heteroatoms. The maximum absolute atomic E-state index is 11.5. The van der Waals surface area contributed by atoms with Crippen molar-refractivity contribution in [2.75, 3.05) is 13.2 Å². The number of aliphatic carboxylic acids is 3. The third kappa shape index (κ3) is 8.16. The molecule has 0 saturated heterocycles. The van der Waals surface area contributed by atoms with E-state index < -0.39 is 42.7 Å². The molecule has 0 aromatic rings. The molecular weight excluding hydrogens is 288 g/mol. The minimum absolute atomic E-state index is 0.234. The van der Waals surface area contributed by atoms with Crippen molar-refractivity contribution in [2.45, 2.75) is 12.8 Å². The van der Waals surface area contributed by atoms with Crippen molar-refractivity contribution in [3.63, 3.8) is 0 Å². The van der Waals surface area contributed by atoms with E-state index in [-0.39, 0.29) is 18.4 Å². The Hall–Kier alpha value is -2.68. The highest BCUT2D eigenvalue weighted by atomic mass is 16.5. The third-order valence-electron chi connectivity index (χ3n) is 2.12. The van der Waals surface area contributed by atoms with Crippen LogP contribution in [0.25, 0.3) is 0 Å². The van der Waals surface area contributed by atoms with Crippen LogP contribution in [0.15, 0.2) is 23.3 Å². The van der Waals surface area contributed by atoms with Crippen LogP contribution in [-0.2, 0) is 23.9 Å². The predicted octanol–water partition coefficient (Wildman–Crippen LogP) is -0.591. The standard InChI is InChI=1S/C12H14O9/c13-3-1-8(6-10(16)17)12(20)21-4-2-7(11(18)19)5-9(14)15/h5-6,13H,1-4H2,(H,14,15)(H,16,17)(H,18,19). The van der Waals surface area contributed by atoms with E-state index in [1.165, 1.54) is 0 Å². The zero-order valence-corrected chi connectivity index (χ0v) is 10.8. The molecule has 0 heterocycles. The van der Waals surface area contributed by atoms with E-state index in [4.69, 9.17) is 20.4 Å². The maximum atomic E-state index is 11.5. The van der Waals surface area contributed by atoms with Gasteiger partial charge in [-0.05, 0) is 0 Å². The molecule has 9 nitrogen and oxygen atoms in total. The van der Waals surface area contributed by atoms with Crippen molar-refractivity contribution >= 4 is 23.9 Å². The van der Waals surface area contributed by atoms with Crippen molar-refractivity contribution < 1.29 is 44.3 Å². The predicted molar refractivity (Wildman–Crippen MR) is 66.4 cm³/mol. The summed E-state index contributed by atoms with van der Waals surface area (Å²) in [4.78, 5) is 43.0. The number of rotatable bonds is 9. The molecule has 21 heavy (non-hydrogen) atoms. The summed E-state index contributed by atoms with van der Waals surface area (Å²) in [6.45, 7) is -0.903. The molecule has 0 aliphatic carbocycles. The first kappa shape index (κ1) is 18.3. The van der Waals surface area contributed by atoms with E-state index in [9.17, 15) is 19.2 Å². The van der Waals surface area contributed by atoms with Gasteiger partial charge in [-0.15, -0.1) is 0 Å². The largest absolute Gasteiger partial charge is 0.478 e. The van der Waals surface area contributed by atoms with Crippen LogP contribution in [0, 0.1) is 0 Å². The molecule has 0 saturated carbocycles. The van der Waals surface area contributed by atoms with Crippen LogP contribution in [0.3, 0.4) is 0 Å². The normalized spacial score (nSPS) is 11.9. The summed E-state index contributed by atoms with van der Waals surface area (Å²) in [5.74, 6) is -5.34. The second-order valence-electron chi connectivity index (χ2n) is 3.68. The lowest BCUT2D eigenvalue weighted by molar-refractivity contribution is -0.141. The number of carbonyl (C=O) groups is 4. The lowest BCUT2D eigenvalue weighted by atomic mass is 10.1. The smallest absolute Gasteiger partial charge is 0.334 e. The molecule has 4 N–H and O–H groups in total. The summed E-state index contributed by atoms with van der Waals surface area (Å²) >= 11 is 0. The van der Waals surface area contributed by atoms with Crippen LogP contribution in [0.5, 0.6) is 0 Å². The number of esters is 1. The van der Waals surface area contributed by atoms with Gasteiger partial charge in [0.1, 0.15) is 0 Å². The molecule has 0 aliphatic heterocycles. The molecule has 0 aromatic carbocycles. The number of aliphatic hydroxyl groups excluding tert-OH is 1. The SMILES string of the molecule is O=C(O)C=C(CCOC(=O)C(=CC(=O)O)CCO)C(=O)O. The van der Waals surface area contributed by atoms with Crippen LogP contribution >= 0.6 is 0 Å². The number of hydrogen-bond acceptors (Lipinski definition) is 6. The van der Waals surface area contributed by atoms with Gasteiger partial charge in [-0.2, -0.15) is 0 Å². The Balaban J connectivity index is 4.63. The van der Waals surface area contributed by atoms with E-state index in [1.807, 2.05) is 0 Å². The van der Waals surface area contributed by atoms with Gasteiger partial charge >= 0.3 is 23.9 Å². The van der Waals surface area contributed by atoms with Gasteiger partial charge in [0, 0.05) is 42.7 Å². The number of ether oxygens (including phenoxy) is 1. The van der Waals surface area contributed by atoms with Gasteiger partial charge in [0.05, 0.1) is 6.61 Å². The van der Waals surface area contributed by atoms with Gasteiger partial charge in [0.15, 0.2) is 0 Å². The average Bonchev–Trinajstić information content (AvgIpc) is 2.35. The summed E-state index contributed by atoms with van der Waals surface area (Å²) in [6.07, 6.45) is 0.455. The Morgan fingerprint density at radius 2 is 1.38 bits per heavy atom. The molecule has 0 atom stereocenters. The highest BCUT2D eigenvalue weighted by Gasteiger charge is 2.14. The summed E-state index contributed by atoms with van der Waals surface area (Å²) < 4.78 is 4.64. The maximum Gasteiger partial charge on any atom is 0.334 e. The zero-order chi connectivity index (χ0) is 16.4. The van der Waals surface area contributed by atoms with Crippen molar-refractivity contribution in [1.82, 2.24) is 0 Å². The number of aliphatic hydroxyl groups is 1. The van der Waals surface area contributed by atoms with Gasteiger partial charge < -0.3 is 25.2 Å². The first-order valence-corrected chi connectivity index (χ1v) is 5.66. The number of carboxylic acids is 3. The fourth-order valence-corrected chi connectivity index (χ4v) is 1.24. The summed E-state index contributed by atoms with van der Waals surface area (Å²) in [5.41, 5.74) is -0.759. The number of hydrogen-bond donors (Lipinski definition) is 4. The highest BCUT2D eigenvalue weighted by Crippen LogP contribution is 2.07. The van der Waals surface area contributed by atoms with Gasteiger partial charge in [0.25, 0.3) is 0 Å². The molecule has 0 unspecified atom stereocenters. The Morgan fingerprint density at radius 1 is 0.857 bits per heavy atom. The van der Waals surface area contributed by atoms with Crippen LogP contribution < -0.4 is 0 Å². The lowest BCUT2D eigenvalue weighted by Crippen LogP contribution is -2.14. The zero-order valence-electron chi connectivity index (χ0n) is 10.8. The summed E-state index contributed by atoms with van der Waals surface area (Å²) in [6, 6.07) is 0. The molecule has 0 amide bonds. The molecule has 0 aromatic heterocycles. The van der Waals surface area contributed by atoms with Crippen molar-refractivity contribution in [1.29, 1.82) is 0 Å². The Kier molecular flexibility index (Phi) is 8.08. The van der Waals surface area contributed by atoms with Crippen LogP contribution in [0.1, 0.15) is 12.8 Å². The Morgan fingerprint density at radius 3 is 1.81 bits per heavy atom. The van der Waals surface area contributed by atoms with Crippen LogP contribution in [-0.4, -0.2) is 57.5 Å². The quantitative estimate of drug-likeness (QED) is 0.322. The molecule has 116 valence electrons. The average molecular weight is 302 g/mol. The van der Waals surface area contributed by atoms with Crippen LogP contribution in [0.4, 0.5) is 0 Å². The topological polar surface area (TPSA) is 158 Å². The monoisotopic (exact) mass is 302 g/mol. The van der Waals surface area contributed by atoms with Gasteiger partial charge in [-0.3, -0.25) is 0 Å². The molecule has 0 aliphatic rings. The minimum Gasteiger partial charge on any atom is -0.478 e. The second-order valence-corrected chi connectivity index (χ2v) is 3.68. The van der Waals surface area contributed by atoms with E-state index in [1.54, 1.807) is 0 Å². The first-order valence-electron chi connectivity index (χ1n) is 5.66. The van der Waals surface area contributed by atoms with Crippen molar-refractivity contribution in [3.05, 3.63) is 23.3 Å². The third-order valence-corrected chi connectivity index (χ3v) is 2.12. The number of carboxylic acid groups (broad SMARTS) is 3. The Bertz CT molecular complexity index is 487. The van der Waals surface area contributed by atoms with Crippen LogP contribution in [0.2, 0.25) is 0 Å². The fraction of sp³-hybridized carbons (Fsp3) is 0.333. The van der Waals surface area contributed by atoms with E-state index in [0.29, 0.717) is 12.2 Å². The molecule has 0 spiro atoms. The van der Waals surface area contributed by atoms with E-state index in [0.717, 1.165) is 0 Å². The van der Waals surface area contributed by atoms with E-state index >= 15 is 0 Å². The Labute approximate surface area is 118 Å². The van der Waals surface area contributed by atoms with Gasteiger partial charge in [0.2, 0.25) is 0 Å². The minimum atomic E-state index is -1.47. The highest BCUT2D eigenvalue weighted by molar-refractivity contribution is 5.96. The summed E-state index contributed by atoms with van der Waals surface area (Å²) in [7, 11) is 0. The van der Waals surface area contributed by atoms with Crippen molar-refractivity contribution in [2.24, 2.45) is 0 Å². The lowest BCUT2D eigenvalue weighted by Gasteiger charge is -2.07. The van der Waals surface area contributed by atoms with Gasteiger partial charge in [-0.1, -0.05) is 0 Å². The van der Waals surface area contributed by atoms with Crippen molar-refractivity contribution in [3.8, 4) is 0 Å². The molecule has 0 radical (unpaired) electrons. The van der Waals surface area contributed by atoms with E-state index in [2.05, 4.69) is 4.74 Å². The fourth-order valence-electron chi connectivity index (χ4n) is 1.24.